The molecule has 4 aromatic rings. The van der Waals surface area contributed by atoms with E-state index in [-0.39, 0.29) is 6.03 Å². The van der Waals surface area contributed by atoms with Crippen molar-refractivity contribution in [2.75, 3.05) is 16.0 Å². The average molecular weight is 385 g/mol. The lowest BCUT2D eigenvalue weighted by molar-refractivity contribution is 0.262. The van der Waals surface area contributed by atoms with Crippen LogP contribution in [0.15, 0.2) is 79.1 Å². The van der Waals surface area contributed by atoms with Crippen molar-refractivity contribution < 1.29 is 4.79 Å². The van der Waals surface area contributed by atoms with Crippen LogP contribution in [0, 0.1) is 6.92 Å². The van der Waals surface area contributed by atoms with Crippen molar-refractivity contribution in [1.29, 1.82) is 0 Å². The molecule has 4 rings (SSSR count). The summed E-state index contributed by atoms with van der Waals surface area (Å²) in [4.78, 5) is 12.2. The van der Waals surface area contributed by atoms with Crippen LogP contribution in [0.3, 0.4) is 0 Å². The number of nitrogens with one attached hydrogen (secondary N) is 3. The van der Waals surface area contributed by atoms with E-state index in [4.69, 9.17) is 0 Å². The molecule has 0 atom stereocenters. The van der Waals surface area contributed by atoms with Gasteiger partial charge in [0.25, 0.3) is 0 Å². The number of nitrogens with zero attached hydrogens (tertiary/aromatic N) is 4. The fourth-order valence-electron chi connectivity index (χ4n) is 2.70. The van der Waals surface area contributed by atoms with Crippen molar-refractivity contribution in [2.24, 2.45) is 0 Å². The second-order valence-corrected chi connectivity index (χ2v) is 6.32. The molecule has 0 bridgehead atoms. The highest BCUT2D eigenvalue weighted by molar-refractivity contribution is 6.00. The topological polar surface area (TPSA) is 96.8 Å². The highest BCUT2D eigenvalue weighted by Crippen LogP contribution is 2.19. The number of hydrogen-bond donors (Lipinski definition) is 3. The van der Waals surface area contributed by atoms with E-state index in [1.165, 1.54) is 0 Å². The predicted octanol–water partition coefficient (Wildman–Crippen LogP) is 4.36. The van der Waals surface area contributed by atoms with Gasteiger partial charge in [-0.3, -0.25) is 0 Å². The standard InChI is InChI=1S/C21H19N7O/c1-15-5-2-3-6-18(15)25-21(29)24-17-9-7-16(8-10-17)23-19-11-12-20(27-26-19)28-14-4-13-22-28/h2-14H,1H3,(H,23,26)(H2,24,25,29). The molecule has 8 nitrogen and oxygen atoms in total. The minimum atomic E-state index is -0.292. The van der Waals surface area contributed by atoms with Crippen LogP contribution in [0.2, 0.25) is 0 Å². The summed E-state index contributed by atoms with van der Waals surface area (Å²) in [6, 6.07) is 20.1. The first-order chi connectivity index (χ1) is 14.2. The van der Waals surface area contributed by atoms with Crippen LogP contribution < -0.4 is 16.0 Å². The summed E-state index contributed by atoms with van der Waals surface area (Å²) in [5, 5.41) is 21.2. The number of hydrogen-bond acceptors (Lipinski definition) is 5. The van der Waals surface area contributed by atoms with E-state index in [1.807, 2.05) is 73.7 Å². The van der Waals surface area contributed by atoms with Crippen LogP contribution in [-0.4, -0.2) is 26.0 Å². The summed E-state index contributed by atoms with van der Waals surface area (Å²) in [6.45, 7) is 1.94. The van der Waals surface area contributed by atoms with Crippen LogP contribution in [0.5, 0.6) is 0 Å². The van der Waals surface area contributed by atoms with Gasteiger partial charge in [-0.05, 0) is 61.0 Å². The third-order valence-electron chi connectivity index (χ3n) is 4.20. The molecule has 2 amide bonds. The van der Waals surface area contributed by atoms with Crippen molar-refractivity contribution in [3.8, 4) is 5.82 Å². The van der Waals surface area contributed by atoms with Gasteiger partial charge in [-0.15, -0.1) is 10.2 Å². The number of rotatable bonds is 5. The molecule has 0 saturated heterocycles. The molecule has 2 heterocycles. The summed E-state index contributed by atoms with van der Waals surface area (Å²) in [5.41, 5.74) is 3.29. The maximum Gasteiger partial charge on any atom is 0.323 e. The summed E-state index contributed by atoms with van der Waals surface area (Å²) in [6.07, 6.45) is 3.49. The van der Waals surface area contributed by atoms with Crippen molar-refractivity contribution in [3.05, 3.63) is 84.7 Å². The molecule has 0 saturated carbocycles. The van der Waals surface area contributed by atoms with Crippen molar-refractivity contribution in [1.82, 2.24) is 20.0 Å². The van der Waals surface area contributed by atoms with Crippen molar-refractivity contribution in [3.63, 3.8) is 0 Å². The fourth-order valence-corrected chi connectivity index (χ4v) is 2.70. The molecule has 29 heavy (non-hydrogen) atoms. The predicted molar refractivity (Wildman–Crippen MR) is 113 cm³/mol. The van der Waals surface area contributed by atoms with Gasteiger partial charge in [0.1, 0.15) is 0 Å². The van der Waals surface area contributed by atoms with E-state index in [1.54, 1.807) is 17.1 Å². The molecule has 0 aliphatic heterocycles. The summed E-state index contributed by atoms with van der Waals surface area (Å²) in [5.74, 6) is 1.25. The lowest BCUT2D eigenvalue weighted by atomic mass is 10.2. The van der Waals surface area contributed by atoms with E-state index < -0.39 is 0 Å². The van der Waals surface area contributed by atoms with E-state index >= 15 is 0 Å². The van der Waals surface area contributed by atoms with Crippen LogP contribution >= 0.6 is 0 Å². The van der Waals surface area contributed by atoms with E-state index in [9.17, 15) is 4.79 Å². The monoisotopic (exact) mass is 385 g/mol. The van der Waals surface area contributed by atoms with Gasteiger partial charge < -0.3 is 16.0 Å². The van der Waals surface area contributed by atoms with Crippen LogP contribution in [0.1, 0.15) is 5.56 Å². The van der Waals surface area contributed by atoms with Gasteiger partial charge in [-0.25, -0.2) is 9.48 Å². The minimum absolute atomic E-state index is 0.292. The summed E-state index contributed by atoms with van der Waals surface area (Å²) >= 11 is 0. The van der Waals surface area contributed by atoms with Gasteiger partial charge in [-0.2, -0.15) is 5.10 Å². The molecule has 0 unspecified atom stereocenters. The Morgan fingerprint density at radius 1 is 0.862 bits per heavy atom. The number of anilines is 4. The van der Waals surface area contributed by atoms with E-state index in [0.29, 0.717) is 17.3 Å². The van der Waals surface area contributed by atoms with Crippen molar-refractivity contribution in [2.45, 2.75) is 6.92 Å². The van der Waals surface area contributed by atoms with Gasteiger partial charge in [0.15, 0.2) is 11.6 Å². The Balaban J connectivity index is 1.35. The molecule has 0 radical (unpaired) electrons. The van der Waals surface area contributed by atoms with Crippen molar-refractivity contribution >= 4 is 28.9 Å². The Hall–Kier alpha value is -4.20. The number of aryl methyl sites for hydroxylation is 1. The minimum Gasteiger partial charge on any atom is -0.339 e. The molecule has 0 aliphatic carbocycles. The third-order valence-corrected chi connectivity index (χ3v) is 4.20. The quantitative estimate of drug-likeness (QED) is 0.474. The number of carbonyl (C=O) groups is 1. The maximum absolute atomic E-state index is 12.2. The Bertz CT molecular complexity index is 1090. The van der Waals surface area contributed by atoms with E-state index in [0.717, 1.165) is 16.9 Å². The van der Waals surface area contributed by atoms with Gasteiger partial charge in [0, 0.05) is 29.5 Å². The molecular formula is C21H19N7O. The fraction of sp³-hybridized carbons (Fsp3) is 0.0476. The molecule has 144 valence electrons. The van der Waals surface area contributed by atoms with Gasteiger partial charge >= 0.3 is 6.03 Å². The second kappa shape index (κ2) is 8.22. The average Bonchev–Trinajstić information content (AvgIpc) is 3.27. The number of carbonyl (C=O) groups excluding carboxylic acids is 1. The van der Waals surface area contributed by atoms with Crippen LogP contribution in [0.25, 0.3) is 5.82 Å². The summed E-state index contributed by atoms with van der Waals surface area (Å²) in [7, 11) is 0. The molecule has 0 aliphatic rings. The summed E-state index contributed by atoms with van der Waals surface area (Å²) < 4.78 is 1.64. The highest BCUT2D eigenvalue weighted by atomic mass is 16.2. The zero-order valence-corrected chi connectivity index (χ0v) is 15.7. The molecule has 0 spiro atoms. The highest BCUT2D eigenvalue weighted by Gasteiger charge is 2.05. The number of amides is 2. The van der Waals surface area contributed by atoms with E-state index in [2.05, 4.69) is 31.2 Å². The van der Waals surface area contributed by atoms with Crippen LogP contribution in [0.4, 0.5) is 27.7 Å². The van der Waals surface area contributed by atoms with Crippen LogP contribution in [-0.2, 0) is 0 Å². The molecule has 0 fully saturated rings. The molecule has 2 aromatic carbocycles. The normalized spacial score (nSPS) is 10.4. The zero-order valence-electron chi connectivity index (χ0n) is 15.7. The molecular weight excluding hydrogens is 366 g/mol. The number of aromatic nitrogens is 4. The van der Waals surface area contributed by atoms with Gasteiger partial charge in [0.05, 0.1) is 0 Å². The molecule has 2 aromatic heterocycles. The molecule has 3 N–H and O–H groups in total. The zero-order chi connectivity index (χ0) is 20.1. The maximum atomic E-state index is 12.2. The first kappa shape index (κ1) is 18.2. The second-order valence-electron chi connectivity index (χ2n) is 6.32. The smallest absolute Gasteiger partial charge is 0.323 e. The van der Waals surface area contributed by atoms with Gasteiger partial charge in [-0.1, -0.05) is 18.2 Å². The Morgan fingerprint density at radius 3 is 2.34 bits per heavy atom. The number of benzene rings is 2. The lowest BCUT2D eigenvalue weighted by Crippen LogP contribution is -2.19. The first-order valence-electron chi connectivity index (χ1n) is 9.02. The number of urea groups is 1. The lowest BCUT2D eigenvalue weighted by Gasteiger charge is -2.10. The third kappa shape index (κ3) is 4.56. The molecule has 8 heteroatoms. The Labute approximate surface area is 167 Å². The Morgan fingerprint density at radius 2 is 1.66 bits per heavy atom. The SMILES string of the molecule is Cc1ccccc1NC(=O)Nc1ccc(Nc2ccc(-n3cccn3)nn2)cc1. The number of para-hydroxylation sites is 1. The first-order valence-corrected chi connectivity index (χ1v) is 9.02. The Kier molecular flexibility index (Phi) is 5.15. The largest absolute Gasteiger partial charge is 0.339 e. The van der Waals surface area contributed by atoms with Gasteiger partial charge in [0.2, 0.25) is 0 Å².